The molecule has 1 unspecified atom stereocenters. The van der Waals surface area contributed by atoms with E-state index < -0.39 is 0 Å². The first-order valence-corrected chi connectivity index (χ1v) is 7.04. The molecular weight excluding hydrogens is 232 g/mol. The molecule has 2 aliphatic rings. The van der Waals surface area contributed by atoms with E-state index in [1.54, 1.807) is 0 Å². The molecule has 0 spiro atoms. The van der Waals surface area contributed by atoms with E-state index >= 15 is 0 Å². The van der Waals surface area contributed by atoms with E-state index in [2.05, 4.69) is 5.32 Å². The Morgan fingerprint density at radius 1 is 1.22 bits per heavy atom. The Balaban J connectivity index is 1.52. The topological polar surface area (TPSA) is 50.8 Å². The standard InChI is InChI=1S/C13H24N2O3/c16-13(15-6-9-17-10-7-15)11-14-5-4-12-3-1-2-8-18-12/h12,14H,1-11H2. The molecule has 0 aromatic heterocycles. The lowest BCUT2D eigenvalue weighted by atomic mass is 10.1. The first kappa shape index (κ1) is 13.8. The Labute approximate surface area is 109 Å². The Kier molecular flexibility index (Phi) is 5.90. The Morgan fingerprint density at radius 3 is 2.78 bits per heavy atom. The van der Waals surface area contributed by atoms with Crippen molar-refractivity contribution in [2.24, 2.45) is 0 Å². The number of nitrogens with zero attached hydrogens (tertiary/aromatic N) is 1. The Hall–Kier alpha value is -0.650. The quantitative estimate of drug-likeness (QED) is 0.723. The molecule has 2 rings (SSSR count). The van der Waals surface area contributed by atoms with Crippen LogP contribution >= 0.6 is 0 Å². The van der Waals surface area contributed by atoms with Crippen molar-refractivity contribution < 1.29 is 14.3 Å². The van der Waals surface area contributed by atoms with Gasteiger partial charge in [-0.2, -0.15) is 0 Å². The molecule has 0 aliphatic carbocycles. The van der Waals surface area contributed by atoms with E-state index in [4.69, 9.17) is 9.47 Å². The molecule has 104 valence electrons. The zero-order chi connectivity index (χ0) is 12.6. The average Bonchev–Trinajstić information content (AvgIpc) is 2.45. The molecule has 5 heteroatoms. The number of morpholine rings is 1. The van der Waals surface area contributed by atoms with Gasteiger partial charge < -0.3 is 19.7 Å². The molecule has 2 aliphatic heterocycles. The maximum Gasteiger partial charge on any atom is 0.236 e. The molecule has 2 saturated heterocycles. The molecule has 0 radical (unpaired) electrons. The number of amides is 1. The molecule has 0 aromatic carbocycles. The molecule has 0 aromatic rings. The number of carbonyl (C=O) groups is 1. The summed E-state index contributed by atoms with van der Waals surface area (Å²) < 4.78 is 10.9. The molecule has 18 heavy (non-hydrogen) atoms. The van der Waals surface area contributed by atoms with Gasteiger partial charge in [0.15, 0.2) is 0 Å². The van der Waals surface area contributed by atoms with Gasteiger partial charge in [0.05, 0.1) is 25.9 Å². The molecule has 0 bridgehead atoms. The minimum Gasteiger partial charge on any atom is -0.378 e. The summed E-state index contributed by atoms with van der Waals surface area (Å²) in [5.74, 6) is 0.183. The van der Waals surface area contributed by atoms with E-state index in [1.807, 2.05) is 4.90 Å². The van der Waals surface area contributed by atoms with E-state index in [0.717, 1.165) is 32.7 Å². The molecule has 1 amide bonds. The van der Waals surface area contributed by atoms with Crippen molar-refractivity contribution in [3.8, 4) is 0 Å². The van der Waals surface area contributed by atoms with E-state index in [1.165, 1.54) is 19.3 Å². The minimum absolute atomic E-state index is 0.183. The molecule has 0 saturated carbocycles. The van der Waals surface area contributed by atoms with Crippen molar-refractivity contribution in [2.45, 2.75) is 31.8 Å². The zero-order valence-corrected chi connectivity index (χ0v) is 11.0. The number of rotatable bonds is 5. The van der Waals surface area contributed by atoms with Gasteiger partial charge >= 0.3 is 0 Å². The predicted octanol–water partition coefficient (Wildman–Crippen LogP) is 0.394. The number of hydrogen-bond acceptors (Lipinski definition) is 4. The van der Waals surface area contributed by atoms with Crippen molar-refractivity contribution in [2.75, 3.05) is 46.0 Å². The highest BCUT2D eigenvalue weighted by Gasteiger charge is 2.17. The summed E-state index contributed by atoms with van der Waals surface area (Å²) >= 11 is 0. The summed E-state index contributed by atoms with van der Waals surface area (Å²) in [7, 11) is 0. The van der Waals surface area contributed by atoms with E-state index in [0.29, 0.717) is 25.9 Å². The fourth-order valence-corrected chi connectivity index (χ4v) is 2.42. The van der Waals surface area contributed by atoms with Crippen LogP contribution in [0.15, 0.2) is 0 Å². The summed E-state index contributed by atoms with van der Waals surface area (Å²) in [6, 6.07) is 0. The van der Waals surface area contributed by atoms with Gasteiger partial charge in [0.25, 0.3) is 0 Å². The van der Waals surface area contributed by atoms with Gasteiger partial charge in [-0.1, -0.05) is 0 Å². The fourth-order valence-electron chi connectivity index (χ4n) is 2.42. The third kappa shape index (κ3) is 4.55. The number of hydrogen-bond donors (Lipinski definition) is 1. The van der Waals surface area contributed by atoms with Crippen LogP contribution < -0.4 is 5.32 Å². The molecule has 1 atom stereocenters. The lowest BCUT2D eigenvalue weighted by molar-refractivity contribution is -0.134. The second kappa shape index (κ2) is 7.71. The lowest BCUT2D eigenvalue weighted by Crippen LogP contribution is -2.45. The van der Waals surface area contributed by atoms with Crippen LogP contribution in [-0.2, 0) is 14.3 Å². The Morgan fingerprint density at radius 2 is 2.06 bits per heavy atom. The van der Waals surface area contributed by atoms with Crippen LogP contribution in [0.2, 0.25) is 0 Å². The number of ether oxygens (including phenoxy) is 2. The monoisotopic (exact) mass is 256 g/mol. The maximum atomic E-state index is 11.8. The average molecular weight is 256 g/mol. The van der Waals surface area contributed by atoms with Crippen LogP contribution in [0, 0.1) is 0 Å². The van der Waals surface area contributed by atoms with Crippen LogP contribution in [0.25, 0.3) is 0 Å². The van der Waals surface area contributed by atoms with Gasteiger partial charge in [-0.05, 0) is 32.2 Å². The lowest BCUT2D eigenvalue weighted by Gasteiger charge is -2.27. The first-order valence-electron chi connectivity index (χ1n) is 7.04. The van der Waals surface area contributed by atoms with Crippen LogP contribution in [0.1, 0.15) is 25.7 Å². The van der Waals surface area contributed by atoms with Gasteiger partial charge in [-0.25, -0.2) is 0 Å². The Bertz CT molecular complexity index is 249. The van der Waals surface area contributed by atoms with E-state index in [-0.39, 0.29) is 5.91 Å². The van der Waals surface area contributed by atoms with Crippen molar-refractivity contribution >= 4 is 5.91 Å². The summed E-state index contributed by atoms with van der Waals surface area (Å²) in [6.07, 6.45) is 5.04. The van der Waals surface area contributed by atoms with Crippen LogP contribution in [0.5, 0.6) is 0 Å². The SMILES string of the molecule is O=C(CNCCC1CCCCO1)N1CCOCC1. The molecule has 2 heterocycles. The van der Waals surface area contributed by atoms with E-state index in [9.17, 15) is 4.79 Å². The third-order valence-corrected chi connectivity index (χ3v) is 3.56. The number of carbonyl (C=O) groups excluding carboxylic acids is 1. The van der Waals surface area contributed by atoms with Crippen molar-refractivity contribution in [3.05, 3.63) is 0 Å². The molecule has 5 nitrogen and oxygen atoms in total. The first-order chi connectivity index (χ1) is 8.86. The second-order valence-corrected chi connectivity index (χ2v) is 4.95. The molecule has 2 fully saturated rings. The molecule has 1 N–H and O–H groups in total. The highest BCUT2D eigenvalue weighted by atomic mass is 16.5. The van der Waals surface area contributed by atoms with Gasteiger partial charge in [-0.3, -0.25) is 4.79 Å². The summed E-state index contributed by atoms with van der Waals surface area (Å²) in [4.78, 5) is 13.7. The van der Waals surface area contributed by atoms with Gasteiger partial charge in [0, 0.05) is 19.7 Å². The predicted molar refractivity (Wildman–Crippen MR) is 68.5 cm³/mol. The van der Waals surface area contributed by atoms with Crippen LogP contribution in [-0.4, -0.2) is 62.9 Å². The second-order valence-electron chi connectivity index (χ2n) is 4.95. The van der Waals surface area contributed by atoms with Crippen LogP contribution in [0.4, 0.5) is 0 Å². The highest BCUT2D eigenvalue weighted by Crippen LogP contribution is 2.14. The third-order valence-electron chi connectivity index (χ3n) is 3.56. The minimum atomic E-state index is 0.183. The van der Waals surface area contributed by atoms with Crippen molar-refractivity contribution in [3.63, 3.8) is 0 Å². The maximum absolute atomic E-state index is 11.8. The zero-order valence-electron chi connectivity index (χ0n) is 11.0. The highest BCUT2D eigenvalue weighted by molar-refractivity contribution is 5.78. The van der Waals surface area contributed by atoms with Crippen LogP contribution in [0.3, 0.4) is 0 Å². The summed E-state index contributed by atoms with van der Waals surface area (Å²) in [6.45, 7) is 4.99. The summed E-state index contributed by atoms with van der Waals surface area (Å²) in [5.41, 5.74) is 0. The normalized spacial score (nSPS) is 25.1. The largest absolute Gasteiger partial charge is 0.378 e. The van der Waals surface area contributed by atoms with Gasteiger partial charge in [0.2, 0.25) is 5.91 Å². The fraction of sp³-hybridized carbons (Fsp3) is 0.923. The number of nitrogens with one attached hydrogen (secondary N) is 1. The smallest absolute Gasteiger partial charge is 0.236 e. The summed E-state index contributed by atoms with van der Waals surface area (Å²) in [5, 5.41) is 3.22. The molecular formula is C13H24N2O3. The van der Waals surface area contributed by atoms with Gasteiger partial charge in [-0.15, -0.1) is 0 Å². The van der Waals surface area contributed by atoms with Crippen molar-refractivity contribution in [1.82, 2.24) is 10.2 Å². The van der Waals surface area contributed by atoms with Crippen molar-refractivity contribution in [1.29, 1.82) is 0 Å². The van der Waals surface area contributed by atoms with Gasteiger partial charge in [0.1, 0.15) is 0 Å².